The molecule has 0 aliphatic heterocycles. The third-order valence-corrected chi connectivity index (χ3v) is 3.09. The monoisotopic (exact) mass is 276 g/mol. The number of H-pyrrole nitrogens is 2. The van der Waals surface area contributed by atoms with E-state index in [0.29, 0.717) is 0 Å². The van der Waals surface area contributed by atoms with Crippen LogP contribution in [0.1, 0.15) is 38.3 Å². The third kappa shape index (κ3) is 3.48. The summed E-state index contributed by atoms with van der Waals surface area (Å²) in [4.78, 5) is 13.3. The average Bonchev–Trinajstić information content (AvgIpc) is 2.82. The minimum absolute atomic E-state index is 0.118. The number of hydrogen-bond acceptors (Lipinski definition) is 4. The third-order valence-electron chi connectivity index (χ3n) is 3.09. The normalized spacial score (nSPS) is 13.2. The fraction of sp³-hybridized carbons (Fsp3) is 0.429. The molecular weight excluding hydrogens is 256 g/mol. The maximum atomic E-state index is 10.9. The Morgan fingerprint density at radius 2 is 1.95 bits per heavy atom. The lowest BCUT2D eigenvalue weighted by Crippen LogP contribution is -2.15. The van der Waals surface area contributed by atoms with Crippen molar-refractivity contribution in [2.24, 2.45) is 0 Å². The number of rotatable bonds is 4. The van der Waals surface area contributed by atoms with Gasteiger partial charge in [0.1, 0.15) is 6.10 Å². The van der Waals surface area contributed by atoms with E-state index >= 15 is 0 Å². The first kappa shape index (κ1) is 14.3. The number of aliphatic hydroxyl groups excluding tert-OH is 1. The van der Waals surface area contributed by atoms with Crippen molar-refractivity contribution in [1.29, 1.82) is 0 Å². The topological polar surface area (TPSA) is 93.8 Å². The van der Waals surface area contributed by atoms with Gasteiger partial charge in [0.25, 0.3) is 0 Å². The Bertz CT molecular complexity index is 607. The zero-order chi connectivity index (χ0) is 14.8. The number of hydrogen-bond donors (Lipinski definition) is 4. The Balaban J connectivity index is 1.96. The van der Waals surface area contributed by atoms with Crippen LogP contribution in [0, 0.1) is 0 Å². The largest absolute Gasteiger partial charge is 0.383 e. The Kier molecular flexibility index (Phi) is 3.94. The van der Waals surface area contributed by atoms with Crippen LogP contribution >= 0.6 is 0 Å². The first-order valence-electron chi connectivity index (χ1n) is 6.53. The second-order valence-electron chi connectivity index (χ2n) is 5.79. The van der Waals surface area contributed by atoms with Gasteiger partial charge in [-0.25, -0.2) is 9.89 Å². The zero-order valence-electron chi connectivity index (χ0n) is 11.9. The number of nitrogens with zero attached hydrogens (tertiary/aromatic N) is 1. The van der Waals surface area contributed by atoms with Crippen molar-refractivity contribution in [2.75, 3.05) is 11.9 Å². The van der Waals surface area contributed by atoms with Crippen molar-refractivity contribution < 1.29 is 5.11 Å². The number of anilines is 1. The van der Waals surface area contributed by atoms with Crippen molar-refractivity contribution in [2.45, 2.75) is 32.3 Å². The van der Waals surface area contributed by atoms with Crippen molar-refractivity contribution in [3.8, 4) is 0 Å². The molecule has 0 spiro atoms. The van der Waals surface area contributed by atoms with E-state index in [0.717, 1.165) is 5.69 Å². The van der Waals surface area contributed by atoms with Crippen LogP contribution in [0.2, 0.25) is 0 Å². The number of aromatic amines is 2. The van der Waals surface area contributed by atoms with Crippen LogP contribution < -0.4 is 11.0 Å². The van der Waals surface area contributed by atoms with Crippen LogP contribution in [-0.2, 0) is 5.41 Å². The fourth-order valence-electron chi connectivity index (χ4n) is 1.84. The highest BCUT2D eigenvalue weighted by Crippen LogP contribution is 2.23. The van der Waals surface area contributed by atoms with Crippen molar-refractivity contribution in [3.05, 3.63) is 46.1 Å². The summed E-state index contributed by atoms with van der Waals surface area (Å²) in [6, 6.07) is 8.07. The summed E-state index contributed by atoms with van der Waals surface area (Å²) in [5, 5.41) is 18.9. The van der Waals surface area contributed by atoms with Gasteiger partial charge in [0.2, 0.25) is 0 Å². The SMILES string of the molecule is CC(C)(C)c1ccc(NCC(O)c2n[nH]c(=O)[nH]2)cc1. The maximum Gasteiger partial charge on any atom is 0.340 e. The van der Waals surface area contributed by atoms with Crippen molar-refractivity contribution >= 4 is 5.69 Å². The van der Waals surface area contributed by atoms with Gasteiger partial charge in [0, 0.05) is 12.2 Å². The van der Waals surface area contributed by atoms with Crippen LogP contribution in [-0.4, -0.2) is 26.8 Å². The standard InChI is InChI=1S/C14H20N4O2/c1-14(2,3)9-4-6-10(7-5-9)15-8-11(19)12-16-13(20)18-17-12/h4-7,11,15,19H,8H2,1-3H3,(H2,16,17,18,20). The summed E-state index contributed by atoms with van der Waals surface area (Å²) in [5.41, 5.74) is 1.86. The molecule has 1 unspecified atom stereocenters. The second kappa shape index (κ2) is 5.50. The highest BCUT2D eigenvalue weighted by atomic mass is 16.3. The van der Waals surface area contributed by atoms with Crippen LogP contribution in [0.15, 0.2) is 29.1 Å². The summed E-state index contributed by atoms with van der Waals surface area (Å²) < 4.78 is 0. The van der Waals surface area contributed by atoms with E-state index in [-0.39, 0.29) is 17.8 Å². The van der Waals surface area contributed by atoms with E-state index in [1.54, 1.807) is 0 Å². The highest BCUT2D eigenvalue weighted by Gasteiger charge is 2.14. The Labute approximate surface area is 117 Å². The molecule has 1 atom stereocenters. The molecular formula is C14H20N4O2. The van der Waals surface area contributed by atoms with E-state index in [2.05, 4.69) is 53.4 Å². The molecule has 1 aromatic carbocycles. The molecule has 0 radical (unpaired) electrons. The molecule has 0 saturated heterocycles. The number of aliphatic hydroxyl groups is 1. The molecule has 0 fully saturated rings. The zero-order valence-corrected chi connectivity index (χ0v) is 11.9. The second-order valence-corrected chi connectivity index (χ2v) is 5.79. The van der Waals surface area contributed by atoms with Crippen molar-refractivity contribution in [3.63, 3.8) is 0 Å². The van der Waals surface area contributed by atoms with Crippen molar-refractivity contribution in [1.82, 2.24) is 15.2 Å². The highest BCUT2D eigenvalue weighted by molar-refractivity contribution is 5.45. The first-order chi connectivity index (χ1) is 9.36. The van der Waals surface area contributed by atoms with Gasteiger partial charge in [-0.1, -0.05) is 32.9 Å². The van der Waals surface area contributed by atoms with Crippen LogP contribution in [0.25, 0.3) is 0 Å². The van der Waals surface area contributed by atoms with Crippen LogP contribution in [0.4, 0.5) is 5.69 Å². The predicted molar refractivity (Wildman–Crippen MR) is 77.8 cm³/mol. The van der Waals surface area contributed by atoms with Gasteiger partial charge in [0.15, 0.2) is 5.82 Å². The molecule has 4 N–H and O–H groups in total. The minimum Gasteiger partial charge on any atom is -0.383 e. The van der Waals surface area contributed by atoms with Gasteiger partial charge < -0.3 is 10.4 Å². The molecule has 0 aliphatic carbocycles. The molecule has 1 heterocycles. The Morgan fingerprint density at radius 3 is 2.45 bits per heavy atom. The summed E-state index contributed by atoms with van der Waals surface area (Å²) in [7, 11) is 0. The van der Waals surface area contributed by atoms with Gasteiger partial charge in [0.05, 0.1) is 0 Å². The summed E-state index contributed by atoms with van der Waals surface area (Å²) in [6.45, 7) is 6.75. The van der Waals surface area contributed by atoms with E-state index in [1.807, 2.05) is 12.1 Å². The minimum atomic E-state index is -0.865. The summed E-state index contributed by atoms with van der Waals surface area (Å²) in [5.74, 6) is 0.230. The van der Waals surface area contributed by atoms with Gasteiger partial charge in [-0.3, -0.25) is 4.98 Å². The Morgan fingerprint density at radius 1 is 1.30 bits per heavy atom. The van der Waals surface area contributed by atoms with Crippen LogP contribution in [0.5, 0.6) is 0 Å². The molecule has 1 aromatic heterocycles. The quantitative estimate of drug-likeness (QED) is 0.681. The molecule has 108 valence electrons. The molecule has 0 saturated carbocycles. The molecule has 0 bridgehead atoms. The molecule has 2 rings (SSSR count). The van der Waals surface area contributed by atoms with Gasteiger partial charge in [-0.05, 0) is 23.1 Å². The average molecular weight is 276 g/mol. The first-order valence-corrected chi connectivity index (χ1v) is 6.53. The van der Waals surface area contributed by atoms with Gasteiger partial charge in [-0.2, -0.15) is 5.10 Å². The molecule has 20 heavy (non-hydrogen) atoms. The number of aromatic nitrogens is 3. The van der Waals surface area contributed by atoms with E-state index in [1.165, 1.54) is 5.56 Å². The predicted octanol–water partition coefficient (Wildman–Crippen LogP) is 1.54. The lowest BCUT2D eigenvalue weighted by molar-refractivity contribution is 0.182. The molecule has 6 nitrogen and oxygen atoms in total. The van der Waals surface area contributed by atoms with E-state index < -0.39 is 11.8 Å². The smallest absolute Gasteiger partial charge is 0.340 e. The maximum absolute atomic E-state index is 10.9. The lowest BCUT2D eigenvalue weighted by atomic mass is 9.87. The number of benzene rings is 1. The summed E-state index contributed by atoms with van der Waals surface area (Å²) >= 11 is 0. The lowest BCUT2D eigenvalue weighted by Gasteiger charge is -2.19. The molecule has 6 heteroatoms. The molecule has 0 amide bonds. The Hall–Kier alpha value is -2.08. The van der Waals surface area contributed by atoms with Crippen LogP contribution in [0.3, 0.4) is 0 Å². The van der Waals surface area contributed by atoms with E-state index in [9.17, 15) is 9.90 Å². The molecule has 2 aromatic rings. The van der Waals surface area contributed by atoms with E-state index in [4.69, 9.17) is 0 Å². The van der Waals surface area contributed by atoms with Gasteiger partial charge in [-0.15, -0.1) is 0 Å². The fourth-order valence-corrected chi connectivity index (χ4v) is 1.84. The summed E-state index contributed by atoms with van der Waals surface area (Å²) in [6.07, 6.45) is -0.865. The molecule has 0 aliphatic rings. The number of nitrogens with one attached hydrogen (secondary N) is 3. The van der Waals surface area contributed by atoms with Gasteiger partial charge >= 0.3 is 5.69 Å².